The number of nitrogens with two attached hydrogens (primary N) is 1. The van der Waals surface area contributed by atoms with Crippen LogP contribution in [0.15, 0.2) is 0 Å². The number of hydrogen-bond acceptors (Lipinski definition) is 4. The number of rotatable bonds is 2. The Labute approximate surface area is 110 Å². The standard InChI is InChI=1S/C14H27N3O/c1-12-10-17(7-8-18-12)14(11-15)4-6-16-5-2-3-13(16)9-14/h12-13H,2-11,15H2,1H3. The Morgan fingerprint density at radius 2 is 2.22 bits per heavy atom. The average molecular weight is 253 g/mol. The summed E-state index contributed by atoms with van der Waals surface area (Å²) in [5.41, 5.74) is 6.45. The topological polar surface area (TPSA) is 41.7 Å². The van der Waals surface area contributed by atoms with Crippen LogP contribution >= 0.6 is 0 Å². The van der Waals surface area contributed by atoms with Crippen molar-refractivity contribution in [3.8, 4) is 0 Å². The van der Waals surface area contributed by atoms with Crippen LogP contribution in [0.2, 0.25) is 0 Å². The van der Waals surface area contributed by atoms with Crippen molar-refractivity contribution in [2.45, 2.75) is 50.3 Å². The van der Waals surface area contributed by atoms with Crippen molar-refractivity contribution in [3.63, 3.8) is 0 Å². The van der Waals surface area contributed by atoms with Gasteiger partial charge in [0.15, 0.2) is 0 Å². The van der Waals surface area contributed by atoms with Crippen molar-refractivity contribution in [1.82, 2.24) is 9.80 Å². The Morgan fingerprint density at radius 3 is 3.00 bits per heavy atom. The minimum atomic E-state index is 0.254. The maximum atomic E-state index is 6.20. The molecular formula is C14H27N3O. The molecule has 18 heavy (non-hydrogen) atoms. The Morgan fingerprint density at radius 1 is 1.33 bits per heavy atom. The minimum absolute atomic E-state index is 0.254. The molecule has 0 amide bonds. The van der Waals surface area contributed by atoms with Gasteiger partial charge in [0, 0.05) is 37.8 Å². The summed E-state index contributed by atoms with van der Waals surface area (Å²) < 4.78 is 5.68. The van der Waals surface area contributed by atoms with Gasteiger partial charge in [-0.1, -0.05) is 0 Å². The average Bonchev–Trinajstić information content (AvgIpc) is 2.85. The summed E-state index contributed by atoms with van der Waals surface area (Å²) >= 11 is 0. The zero-order chi connectivity index (χ0) is 12.6. The van der Waals surface area contributed by atoms with Crippen molar-refractivity contribution < 1.29 is 4.74 Å². The summed E-state index contributed by atoms with van der Waals surface area (Å²) in [7, 11) is 0. The van der Waals surface area contributed by atoms with Gasteiger partial charge < -0.3 is 15.4 Å². The highest BCUT2D eigenvalue weighted by Gasteiger charge is 2.45. The van der Waals surface area contributed by atoms with Crippen LogP contribution in [0, 0.1) is 0 Å². The van der Waals surface area contributed by atoms with Crippen LogP contribution in [0.25, 0.3) is 0 Å². The second-order valence-electron chi connectivity index (χ2n) is 6.34. The third kappa shape index (κ3) is 2.20. The molecule has 0 radical (unpaired) electrons. The molecule has 3 saturated heterocycles. The molecule has 2 N–H and O–H groups in total. The van der Waals surface area contributed by atoms with Crippen molar-refractivity contribution >= 4 is 0 Å². The van der Waals surface area contributed by atoms with E-state index >= 15 is 0 Å². The molecule has 0 saturated carbocycles. The van der Waals surface area contributed by atoms with Crippen LogP contribution in [-0.2, 0) is 4.74 Å². The second kappa shape index (κ2) is 5.08. The molecule has 3 atom stereocenters. The predicted octanol–water partition coefficient (Wildman–Crippen LogP) is 0.663. The van der Waals surface area contributed by atoms with Crippen molar-refractivity contribution in [1.29, 1.82) is 0 Å². The Hall–Kier alpha value is -0.160. The van der Waals surface area contributed by atoms with E-state index in [1.165, 1.54) is 38.8 Å². The van der Waals surface area contributed by atoms with Crippen LogP contribution < -0.4 is 5.73 Å². The maximum absolute atomic E-state index is 6.20. The van der Waals surface area contributed by atoms with E-state index in [4.69, 9.17) is 10.5 Å². The first kappa shape index (κ1) is 12.9. The van der Waals surface area contributed by atoms with Gasteiger partial charge >= 0.3 is 0 Å². The molecule has 3 rings (SSSR count). The maximum Gasteiger partial charge on any atom is 0.0674 e. The predicted molar refractivity (Wildman–Crippen MR) is 72.6 cm³/mol. The molecule has 0 aromatic rings. The second-order valence-corrected chi connectivity index (χ2v) is 6.34. The Kier molecular flexibility index (Phi) is 3.63. The highest BCUT2D eigenvalue weighted by Crippen LogP contribution is 2.37. The molecule has 0 aromatic carbocycles. The Balaban J connectivity index is 1.73. The summed E-state index contributed by atoms with van der Waals surface area (Å²) in [4.78, 5) is 5.31. The molecule has 0 aliphatic carbocycles. The molecule has 0 aromatic heterocycles. The van der Waals surface area contributed by atoms with Crippen LogP contribution in [0.4, 0.5) is 0 Å². The number of ether oxygens (including phenoxy) is 1. The van der Waals surface area contributed by atoms with E-state index in [-0.39, 0.29) is 5.54 Å². The molecule has 3 fully saturated rings. The quantitative estimate of drug-likeness (QED) is 0.785. The first-order valence-corrected chi connectivity index (χ1v) is 7.54. The van der Waals surface area contributed by atoms with Crippen molar-refractivity contribution in [2.75, 3.05) is 39.3 Å². The van der Waals surface area contributed by atoms with Crippen molar-refractivity contribution in [3.05, 3.63) is 0 Å². The summed E-state index contributed by atoms with van der Waals surface area (Å²) in [6, 6.07) is 0.792. The van der Waals surface area contributed by atoms with E-state index in [9.17, 15) is 0 Å². The van der Waals surface area contributed by atoms with E-state index in [1.807, 2.05) is 0 Å². The largest absolute Gasteiger partial charge is 0.376 e. The van der Waals surface area contributed by atoms with Crippen LogP contribution in [0.3, 0.4) is 0 Å². The zero-order valence-electron chi connectivity index (χ0n) is 11.6. The lowest BCUT2D eigenvalue weighted by atomic mass is 9.81. The van der Waals surface area contributed by atoms with Gasteiger partial charge in [0.2, 0.25) is 0 Å². The fourth-order valence-electron chi connectivity index (χ4n) is 4.16. The minimum Gasteiger partial charge on any atom is -0.376 e. The highest BCUT2D eigenvalue weighted by atomic mass is 16.5. The van der Waals surface area contributed by atoms with Gasteiger partial charge in [-0.25, -0.2) is 0 Å². The van der Waals surface area contributed by atoms with E-state index in [0.29, 0.717) is 6.10 Å². The number of nitrogens with zero attached hydrogens (tertiary/aromatic N) is 2. The number of morpholine rings is 1. The van der Waals surface area contributed by atoms with E-state index in [2.05, 4.69) is 16.7 Å². The zero-order valence-corrected chi connectivity index (χ0v) is 11.6. The summed E-state index contributed by atoms with van der Waals surface area (Å²) in [5.74, 6) is 0. The SMILES string of the molecule is CC1CN(C2(CN)CCN3CCCC3C2)CCO1. The number of piperidine rings is 1. The molecule has 3 aliphatic heterocycles. The van der Waals surface area contributed by atoms with Gasteiger partial charge in [-0.3, -0.25) is 4.90 Å². The first-order valence-electron chi connectivity index (χ1n) is 7.54. The molecule has 3 unspecified atom stereocenters. The fraction of sp³-hybridized carbons (Fsp3) is 1.00. The third-order valence-corrected chi connectivity index (χ3v) is 5.27. The molecule has 104 valence electrons. The van der Waals surface area contributed by atoms with Crippen LogP contribution in [0.1, 0.15) is 32.6 Å². The smallest absolute Gasteiger partial charge is 0.0674 e. The van der Waals surface area contributed by atoms with Crippen LogP contribution in [-0.4, -0.2) is 66.8 Å². The summed E-state index contributed by atoms with van der Waals surface area (Å²) in [6.07, 6.45) is 5.64. The van der Waals surface area contributed by atoms with Gasteiger partial charge in [-0.15, -0.1) is 0 Å². The normalized spacial score (nSPS) is 43.0. The third-order valence-electron chi connectivity index (χ3n) is 5.27. The summed E-state index contributed by atoms with van der Waals surface area (Å²) in [6.45, 7) is 8.54. The summed E-state index contributed by atoms with van der Waals surface area (Å²) in [5, 5.41) is 0. The fourth-order valence-corrected chi connectivity index (χ4v) is 4.16. The molecule has 4 nitrogen and oxygen atoms in total. The Bertz CT molecular complexity index is 299. The molecule has 0 spiro atoms. The molecule has 4 heteroatoms. The van der Waals surface area contributed by atoms with Gasteiger partial charge in [0.05, 0.1) is 12.7 Å². The number of fused-ring (bicyclic) bond motifs is 1. The molecule has 3 aliphatic rings. The van der Waals surface area contributed by atoms with Crippen LogP contribution in [0.5, 0.6) is 0 Å². The molecular weight excluding hydrogens is 226 g/mol. The van der Waals surface area contributed by atoms with Crippen molar-refractivity contribution in [2.24, 2.45) is 5.73 Å². The monoisotopic (exact) mass is 253 g/mol. The lowest BCUT2D eigenvalue weighted by Gasteiger charge is -2.52. The highest BCUT2D eigenvalue weighted by molar-refractivity contribution is 5.02. The molecule has 0 bridgehead atoms. The van der Waals surface area contributed by atoms with E-state index in [1.54, 1.807) is 0 Å². The van der Waals surface area contributed by atoms with E-state index < -0.39 is 0 Å². The van der Waals surface area contributed by atoms with E-state index in [0.717, 1.165) is 32.3 Å². The van der Waals surface area contributed by atoms with Gasteiger partial charge in [-0.2, -0.15) is 0 Å². The lowest BCUT2D eigenvalue weighted by molar-refractivity contribution is -0.0816. The van der Waals surface area contributed by atoms with Gasteiger partial charge in [-0.05, 0) is 39.2 Å². The van der Waals surface area contributed by atoms with Gasteiger partial charge in [0.25, 0.3) is 0 Å². The van der Waals surface area contributed by atoms with Gasteiger partial charge in [0.1, 0.15) is 0 Å². The first-order chi connectivity index (χ1) is 8.73. The molecule has 3 heterocycles. The lowest BCUT2D eigenvalue weighted by Crippen LogP contribution is -2.64. The number of hydrogen-bond donors (Lipinski definition) is 1.